The molecule has 1 aromatic carbocycles. The lowest BCUT2D eigenvalue weighted by molar-refractivity contribution is 0.415. The lowest BCUT2D eigenvalue weighted by atomic mass is 10.1. The van der Waals surface area contributed by atoms with E-state index in [-0.39, 0.29) is 5.54 Å². The number of aromatic nitrogens is 1. The molecule has 0 aliphatic carbocycles. The summed E-state index contributed by atoms with van der Waals surface area (Å²) in [6, 6.07) is 8.12. The third kappa shape index (κ3) is 4.08. The molecule has 2 aromatic rings. The van der Waals surface area contributed by atoms with Crippen molar-refractivity contribution in [2.75, 3.05) is 32.1 Å². The maximum Gasteiger partial charge on any atom is 0.136 e. The Hall–Kier alpha value is -1.81. The molecule has 1 N–H and O–H groups in total. The zero-order valence-corrected chi connectivity index (χ0v) is 13.6. The Morgan fingerprint density at radius 2 is 2.00 bits per heavy atom. The van der Waals surface area contributed by atoms with Crippen molar-refractivity contribution < 1.29 is 4.74 Å². The maximum atomic E-state index is 5.32. The van der Waals surface area contributed by atoms with Crippen molar-refractivity contribution in [2.24, 2.45) is 0 Å². The number of anilines is 1. The highest BCUT2D eigenvalue weighted by atomic mass is 16.5. The first-order valence-corrected chi connectivity index (χ1v) is 7.29. The van der Waals surface area contributed by atoms with Gasteiger partial charge in [-0.2, -0.15) is 0 Å². The van der Waals surface area contributed by atoms with E-state index in [1.54, 1.807) is 7.11 Å². The topological polar surface area (TPSA) is 37.4 Å². The van der Waals surface area contributed by atoms with E-state index in [4.69, 9.17) is 4.74 Å². The molecule has 1 aromatic heterocycles. The maximum absolute atomic E-state index is 5.32. The Morgan fingerprint density at radius 1 is 1.24 bits per heavy atom. The molecule has 0 fully saturated rings. The van der Waals surface area contributed by atoms with E-state index in [9.17, 15) is 0 Å². The lowest BCUT2D eigenvalue weighted by Gasteiger charge is -2.25. The number of nitrogens with zero attached hydrogens (tertiary/aromatic N) is 2. The van der Waals surface area contributed by atoms with Crippen molar-refractivity contribution >= 4 is 16.6 Å². The zero-order valence-electron chi connectivity index (χ0n) is 13.6. The molecule has 4 nitrogen and oxygen atoms in total. The molecule has 0 spiro atoms. The highest BCUT2D eigenvalue weighted by molar-refractivity contribution is 5.93. The van der Waals surface area contributed by atoms with Crippen molar-refractivity contribution in [1.82, 2.24) is 10.3 Å². The van der Waals surface area contributed by atoms with E-state index in [0.717, 1.165) is 30.0 Å². The molecule has 21 heavy (non-hydrogen) atoms. The third-order valence-corrected chi connectivity index (χ3v) is 3.42. The van der Waals surface area contributed by atoms with Gasteiger partial charge in [0.2, 0.25) is 0 Å². The van der Waals surface area contributed by atoms with Gasteiger partial charge in [0, 0.05) is 37.3 Å². The van der Waals surface area contributed by atoms with Gasteiger partial charge in [-0.05, 0) is 44.4 Å². The Bertz CT molecular complexity index is 604. The van der Waals surface area contributed by atoms with Gasteiger partial charge in [-0.15, -0.1) is 0 Å². The quantitative estimate of drug-likeness (QED) is 0.917. The molecule has 0 unspecified atom stereocenters. The number of pyridine rings is 1. The van der Waals surface area contributed by atoms with Crippen LogP contribution in [0.15, 0.2) is 30.5 Å². The van der Waals surface area contributed by atoms with Crippen molar-refractivity contribution in [3.05, 3.63) is 30.5 Å². The minimum Gasteiger partial charge on any atom is -0.497 e. The molecule has 114 valence electrons. The number of benzene rings is 1. The van der Waals surface area contributed by atoms with Gasteiger partial charge in [0.05, 0.1) is 7.11 Å². The second-order valence-corrected chi connectivity index (χ2v) is 6.32. The summed E-state index contributed by atoms with van der Waals surface area (Å²) in [6.45, 7) is 8.35. The number of fused-ring (bicyclic) bond motifs is 1. The van der Waals surface area contributed by atoms with Crippen LogP contribution in [0.4, 0.5) is 5.82 Å². The van der Waals surface area contributed by atoms with Crippen LogP contribution in [-0.2, 0) is 0 Å². The summed E-state index contributed by atoms with van der Waals surface area (Å²) >= 11 is 0. The van der Waals surface area contributed by atoms with Crippen molar-refractivity contribution in [3.63, 3.8) is 0 Å². The van der Waals surface area contributed by atoms with Gasteiger partial charge in [0.25, 0.3) is 0 Å². The first kappa shape index (κ1) is 15.6. The fraction of sp³-hybridized carbons (Fsp3) is 0.471. The normalized spacial score (nSPS) is 11.7. The first-order valence-electron chi connectivity index (χ1n) is 7.29. The molecule has 2 rings (SSSR count). The van der Waals surface area contributed by atoms with E-state index >= 15 is 0 Å². The predicted octanol–water partition coefficient (Wildman–Crippen LogP) is 3.07. The molecule has 0 aliphatic heterocycles. The minimum absolute atomic E-state index is 0.135. The summed E-state index contributed by atoms with van der Waals surface area (Å²) in [5, 5.41) is 5.80. The van der Waals surface area contributed by atoms with Crippen molar-refractivity contribution in [1.29, 1.82) is 0 Å². The molecule has 0 atom stereocenters. The standard InChI is InChI=1S/C17H25N3O/c1-17(2,3)19-10-11-20(4)16-15-12-14(21-5)7-6-13(15)8-9-18-16/h6-9,12,19H,10-11H2,1-5H3. The van der Waals surface area contributed by atoms with E-state index in [0.29, 0.717) is 0 Å². The van der Waals surface area contributed by atoms with Gasteiger partial charge in [-0.1, -0.05) is 6.07 Å². The Kier molecular flexibility index (Phi) is 4.68. The lowest BCUT2D eigenvalue weighted by Crippen LogP contribution is -2.40. The fourth-order valence-corrected chi connectivity index (χ4v) is 2.27. The second-order valence-electron chi connectivity index (χ2n) is 6.32. The molecule has 0 saturated heterocycles. The van der Waals surface area contributed by atoms with Gasteiger partial charge in [0.1, 0.15) is 11.6 Å². The molecular formula is C17H25N3O. The average molecular weight is 287 g/mol. The largest absolute Gasteiger partial charge is 0.497 e. The third-order valence-electron chi connectivity index (χ3n) is 3.42. The van der Waals surface area contributed by atoms with Crippen LogP contribution in [0.2, 0.25) is 0 Å². The van der Waals surface area contributed by atoms with E-state index in [2.05, 4.69) is 49.1 Å². The number of hydrogen-bond acceptors (Lipinski definition) is 4. The first-order chi connectivity index (χ1) is 9.90. The van der Waals surface area contributed by atoms with E-state index in [1.165, 1.54) is 5.39 Å². The number of rotatable bonds is 5. The van der Waals surface area contributed by atoms with Crippen LogP contribution in [0.25, 0.3) is 10.8 Å². The summed E-state index contributed by atoms with van der Waals surface area (Å²) < 4.78 is 5.32. The summed E-state index contributed by atoms with van der Waals surface area (Å²) in [7, 11) is 3.76. The second kappa shape index (κ2) is 6.31. The Morgan fingerprint density at radius 3 is 2.67 bits per heavy atom. The van der Waals surface area contributed by atoms with Crippen LogP contribution in [0, 0.1) is 0 Å². The Labute approximate surface area is 127 Å². The average Bonchev–Trinajstić information content (AvgIpc) is 2.44. The molecule has 0 saturated carbocycles. The highest BCUT2D eigenvalue weighted by Crippen LogP contribution is 2.27. The van der Waals surface area contributed by atoms with Crippen LogP contribution >= 0.6 is 0 Å². The van der Waals surface area contributed by atoms with Crippen LogP contribution in [-0.4, -0.2) is 37.8 Å². The fourth-order valence-electron chi connectivity index (χ4n) is 2.27. The minimum atomic E-state index is 0.135. The molecule has 0 aliphatic rings. The SMILES string of the molecule is COc1ccc2ccnc(N(C)CCNC(C)(C)C)c2c1. The highest BCUT2D eigenvalue weighted by Gasteiger charge is 2.11. The number of ether oxygens (including phenoxy) is 1. The number of hydrogen-bond donors (Lipinski definition) is 1. The van der Waals surface area contributed by atoms with Crippen molar-refractivity contribution in [3.8, 4) is 5.75 Å². The predicted molar refractivity (Wildman–Crippen MR) is 89.3 cm³/mol. The van der Waals surface area contributed by atoms with E-state index < -0.39 is 0 Å². The van der Waals surface area contributed by atoms with Gasteiger partial charge >= 0.3 is 0 Å². The van der Waals surface area contributed by atoms with Crippen LogP contribution < -0.4 is 15.0 Å². The Balaban J connectivity index is 2.20. The van der Waals surface area contributed by atoms with E-state index in [1.807, 2.05) is 24.4 Å². The van der Waals surface area contributed by atoms with Gasteiger partial charge in [-0.25, -0.2) is 4.98 Å². The summed E-state index contributed by atoms with van der Waals surface area (Å²) in [6.07, 6.45) is 1.86. The number of likely N-dealkylation sites (N-methyl/N-ethyl adjacent to an activating group) is 1. The van der Waals surface area contributed by atoms with Gasteiger partial charge < -0.3 is 15.0 Å². The smallest absolute Gasteiger partial charge is 0.136 e. The van der Waals surface area contributed by atoms with Crippen LogP contribution in [0.5, 0.6) is 5.75 Å². The number of nitrogens with one attached hydrogen (secondary N) is 1. The van der Waals surface area contributed by atoms with Crippen LogP contribution in [0.3, 0.4) is 0 Å². The van der Waals surface area contributed by atoms with Crippen molar-refractivity contribution in [2.45, 2.75) is 26.3 Å². The van der Waals surface area contributed by atoms with Crippen LogP contribution in [0.1, 0.15) is 20.8 Å². The molecule has 4 heteroatoms. The summed E-state index contributed by atoms with van der Waals surface area (Å²) in [5.74, 6) is 1.85. The summed E-state index contributed by atoms with van der Waals surface area (Å²) in [5.41, 5.74) is 0.135. The summed E-state index contributed by atoms with van der Waals surface area (Å²) in [4.78, 5) is 6.72. The number of methoxy groups -OCH3 is 1. The molecule has 1 heterocycles. The zero-order chi connectivity index (χ0) is 15.5. The van der Waals surface area contributed by atoms with Gasteiger partial charge in [-0.3, -0.25) is 0 Å². The molecule has 0 amide bonds. The molecule has 0 bridgehead atoms. The molecular weight excluding hydrogens is 262 g/mol. The molecule has 0 radical (unpaired) electrons. The monoisotopic (exact) mass is 287 g/mol. The van der Waals surface area contributed by atoms with Gasteiger partial charge in [0.15, 0.2) is 0 Å².